The topological polar surface area (TPSA) is 95.9 Å². The van der Waals surface area contributed by atoms with Crippen LogP contribution in [0.3, 0.4) is 0 Å². The number of amides is 1. The average Bonchev–Trinajstić information content (AvgIpc) is 2.67. The van der Waals surface area contributed by atoms with Gasteiger partial charge in [-0.2, -0.15) is 0 Å². The highest BCUT2D eigenvalue weighted by molar-refractivity contribution is 5.84. The fourth-order valence-electron chi connectivity index (χ4n) is 2.81. The molecule has 0 fully saturated rings. The fraction of sp³-hybridized carbons (Fsp3) is 0.273. The van der Waals surface area contributed by atoms with Crippen molar-refractivity contribution in [1.29, 1.82) is 0 Å². The van der Waals surface area contributed by atoms with Gasteiger partial charge >= 0.3 is 12.1 Å². The summed E-state index contributed by atoms with van der Waals surface area (Å²) in [6.45, 7) is 3.75. The van der Waals surface area contributed by atoms with Gasteiger partial charge in [-0.15, -0.1) is 0 Å². The first-order valence-corrected chi connectivity index (χ1v) is 9.18. The van der Waals surface area contributed by atoms with Crippen molar-refractivity contribution in [2.75, 3.05) is 5.32 Å². The van der Waals surface area contributed by atoms with Crippen LogP contribution in [-0.4, -0.2) is 22.3 Å². The van der Waals surface area contributed by atoms with E-state index in [1.165, 1.54) is 18.2 Å². The predicted molar refractivity (Wildman–Crippen MR) is 107 cm³/mol. The molecule has 0 heterocycles. The quantitative estimate of drug-likeness (QED) is 0.529. The van der Waals surface area contributed by atoms with E-state index in [-0.39, 0.29) is 5.92 Å². The number of phenols is 1. The Morgan fingerprint density at radius 3 is 2.52 bits per heavy atom. The van der Waals surface area contributed by atoms with Crippen LogP contribution < -0.4 is 5.32 Å². The van der Waals surface area contributed by atoms with Gasteiger partial charge in [-0.3, -0.25) is 5.32 Å². The number of carboxylic acid groups (broad SMARTS) is 1. The van der Waals surface area contributed by atoms with Crippen molar-refractivity contribution in [3.63, 3.8) is 0 Å². The smallest absolute Gasteiger partial charge is 0.412 e. The van der Waals surface area contributed by atoms with E-state index >= 15 is 0 Å². The van der Waals surface area contributed by atoms with Crippen molar-refractivity contribution in [1.82, 2.24) is 0 Å². The van der Waals surface area contributed by atoms with E-state index in [4.69, 9.17) is 9.84 Å². The Balaban J connectivity index is 2.14. The molecule has 154 valence electrons. The van der Waals surface area contributed by atoms with Crippen LogP contribution in [0.1, 0.15) is 37.0 Å². The standard InChI is InChI=1S/C22H24FNO5/c1-14-7-10-17(11-8-14)24-22(28)29-21(15(2)5-3-4-6-20(26)27)16-9-12-19(25)18(23)13-16/h4,6-13,15,21,25H,3,5H2,1-2H3,(H,24,28)(H,26,27)/b6-4+/t15-,21+/m1/s1. The number of phenolic OH excluding ortho intramolecular Hbond substituents is 1. The van der Waals surface area contributed by atoms with Crippen molar-refractivity contribution < 1.29 is 28.9 Å². The Kier molecular flexibility index (Phi) is 7.77. The number of aryl methyl sites for hydroxylation is 1. The molecule has 2 aromatic rings. The van der Waals surface area contributed by atoms with Crippen molar-refractivity contribution >= 4 is 17.7 Å². The van der Waals surface area contributed by atoms with Crippen LogP contribution in [0.2, 0.25) is 0 Å². The van der Waals surface area contributed by atoms with Crippen molar-refractivity contribution in [2.45, 2.75) is 32.8 Å². The third-order valence-corrected chi connectivity index (χ3v) is 4.40. The lowest BCUT2D eigenvalue weighted by atomic mass is 9.93. The zero-order valence-corrected chi connectivity index (χ0v) is 16.3. The first-order valence-electron chi connectivity index (χ1n) is 9.18. The fourth-order valence-corrected chi connectivity index (χ4v) is 2.81. The molecular weight excluding hydrogens is 377 g/mol. The summed E-state index contributed by atoms with van der Waals surface area (Å²) in [6, 6.07) is 11.0. The highest BCUT2D eigenvalue weighted by atomic mass is 19.1. The first kappa shape index (κ1) is 21.9. The molecule has 0 aliphatic heterocycles. The number of hydrogen-bond acceptors (Lipinski definition) is 4. The van der Waals surface area contributed by atoms with Crippen LogP contribution in [0, 0.1) is 18.7 Å². The number of halogens is 1. The first-order chi connectivity index (χ1) is 13.8. The van der Waals surface area contributed by atoms with Gasteiger partial charge in [0.2, 0.25) is 0 Å². The van der Waals surface area contributed by atoms with E-state index < -0.39 is 29.7 Å². The van der Waals surface area contributed by atoms with E-state index in [9.17, 15) is 19.1 Å². The van der Waals surface area contributed by atoms with E-state index in [1.54, 1.807) is 12.1 Å². The number of carbonyl (C=O) groups excluding carboxylic acids is 1. The lowest BCUT2D eigenvalue weighted by Crippen LogP contribution is -2.22. The van der Waals surface area contributed by atoms with Gasteiger partial charge in [0.15, 0.2) is 11.6 Å². The summed E-state index contributed by atoms with van der Waals surface area (Å²) >= 11 is 0. The number of benzene rings is 2. The summed E-state index contributed by atoms with van der Waals surface area (Å²) in [5, 5.41) is 20.7. The molecule has 0 aliphatic rings. The van der Waals surface area contributed by atoms with Crippen molar-refractivity contribution in [2.24, 2.45) is 5.92 Å². The van der Waals surface area contributed by atoms with Crippen LogP contribution in [0.15, 0.2) is 54.6 Å². The molecule has 1 amide bonds. The maximum absolute atomic E-state index is 13.8. The molecule has 3 N–H and O–H groups in total. The number of carboxylic acids is 1. The van der Waals surface area contributed by atoms with Gasteiger partial charge in [-0.05, 0) is 55.5 Å². The molecule has 0 saturated carbocycles. The van der Waals surface area contributed by atoms with E-state index in [2.05, 4.69) is 5.32 Å². The zero-order valence-electron chi connectivity index (χ0n) is 16.3. The Morgan fingerprint density at radius 2 is 1.90 bits per heavy atom. The van der Waals surface area contributed by atoms with E-state index in [1.807, 2.05) is 26.0 Å². The van der Waals surface area contributed by atoms with E-state index in [0.29, 0.717) is 24.1 Å². The predicted octanol–water partition coefficient (Wildman–Crippen LogP) is 5.19. The minimum absolute atomic E-state index is 0.235. The molecular formula is C22H24FNO5. The third kappa shape index (κ3) is 6.95. The lowest BCUT2D eigenvalue weighted by Gasteiger charge is -2.25. The molecule has 29 heavy (non-hydrogen) atoms. The minimum Gasteiger partial charge on any atom is -0.505 e. The molecule has 0 saturated heterocycles. The number of carbonyl (C=O) groups is 2. The summed E-state index contributed by atoms with van der Waals surface area (Å²) in [5.74, 6) is -2.58. The van der Waals surface area contributed by atoms with Crippen LogP contribution in [0.5, 0.6) is 5.75 Å². The number of aromatic hydroxyl groups is 1. The molecule has 0 aromatic heterocycles. The average molecular weight is 401 g/mol. The molecule has 7 heteroatoms. The molecule has 2 rings (SSSR count). The van der Waals surface area contributed by atoms with Gasteiger partial charge in [-0.1, -0.05) is 36.8 Å². The Morgan fingerprint density at radius 1 is 1.21 bits per heavy atom. The molecule has 2 atom stereocenters. The molecule has 2 aromatic carbocycles. The lowest BCUT2D eigenvalue weighted by molar-refractivity contribution is -0.131. The molecule has 0 unspecified atom stereocenters. The number of anilines is 1. The molecule has 0 spiro atoms. The highest BCUT2D eigenvalue weighted by Gasteiger charge is 2.24. The summed E-state index contributed by atoms with van der Waals surface area (Å²) in [4.78, 5) is 23.0. The third-order valence-electron chi connectivity index (χ3n) is 4.40. The number of ether oxygens (including phenoxy) is 1. The largest absolute Gasteiger partial charge is 0.505 e. The summed E-state index contributed by atoms with van der Waals surface area (Å²) in [6.07, 6.45) is 2.04. The number of allylic oxidation sites excluding steroid dienone is 1. The van der Waals surface area contributed by atoms with E-state index in [0.717, 1.165) is 17.7 Å². The maximum Gasteiger partial charge on any atom is 0.412 e. The molecule has 0 aliphatic carbocycles. The van der Waals surface area contributed by atoms with Gasteiger partial charge in [0.25, 0.3) is 0 Å². The second kappa shape index (κ2) is 10.3. The van der Waals surface area contributed by atoms with Crippen molar-refractivity contribution in [3.05, 3.63) is 71.6 Å². The molecule has 0 bridgehead atoms. The summed E-state index contributed by atoms with van der Waals surface area (Å²) in [7, 11) is 0. The maximum atomic E-state index is 13.8. The van der Waals surface area contributed by atoms with Gasteiger partial charge < -0.3 is 14.9 Å². The Labute approximate surface area is 168 Å². The molecule has 0 radical (unpaired) electrons. The minimum atomic E-state index is -1.04. The van der Waals surface area contributed by atoms with Crippen molar-refractivity contribution in [3.8, 4) is 5.75 Å². The second-order valence-corrected chi connectivity index (χ2v) is 6.82. The van der Waals surface area contributed by atoms with Gasteiger partial charge in [0.05, 0.1) is 0 Å². The second-order valence-electron chi connectivity index (χ2n) is 6.82. The van der Waals surface area contributed by atoms with Gasteiger partial charge in [0.1, 0.15) is 6.10 Å². The van der Waals surface area contributed by atoms with Crippen LogP contribution in [0.25, 0.3) is 0 Å². The molecule has 6 nitrogen and oxygen atoms in total. The highest BCUT2D eigenvalue weighted by Crippen LogP contribution is 2.32. The summed E-state index contributed by atoms with van der Waals surface area (Å²) in [5.41, 5.74) is 2.01. The monoisotopic (exact) mass is 401 g/mol. The van der Waals surface area contributed by atoms with Crippen LogP contribution in [0.4, 0.5) is 14.9 Å². The zero-order chi connectivity index (χ0) is 21.4. The Bertz CT molecular complexity index is 879. The summed E-state index contributed by atoms with van der Waals surface area (Å²) < 4.78 is 19.4. The normalized spacial score (nSPS) is 13.1. The SMILES string of the molecule is Cc1ccc(NC(=O)O[C@H](c2ccc(O)c(F)c2)[C@H](C)CC/C=C/C(=O)O)cc1. The van der Waals surface area contributed by atoms with Gasteiger partial charge in [-0.25, -0.2) is 14.0 Å². The number of rotatable bonds is 8. The van der Waals surface area contributed by atoms with Crippen LogP contribution >= 0.6 is 0 Å². The Hall–Kier alpha value is -3.35. The number of nitrogens with one attached hydrogen (secondary N) is 1. The van der Waals surface area contributed by atoms with Crippen LogP contribution in [-0.2, 0) is 9.53 Å². The number of aliphatic carboxylic acids is 1. The number of hydrogen-bond donors (Lipinski definition) is 3. The van der Waals surface area contributed by atoms with Gasteiger partial charge in [0, 0.05) is 11.8 Å².